The summed E-state index contributed by atoms with van der Waals surface area (Å²) in [6.07, 6.45) is 0. The number of halogens is 2. The molecule has 0 amide bonds. The Labute approximate surface area is 144 Å². The van der Waals surface area contributed by atoms with Gasteiger partial charge >= 0.3 is 0 Å². The monoisotopic (exact) mass is 383 g/mol. The average molecular weight is 385 g/mol. The first kappa shape index (κ1) is 16.9. The molecule has 0 unspecified atom stereocenters. The molecule has 4 heteroatoms. The van der Waals surface area contributed by atoms with Crippen LogP contribution in [0.4, 0.5) is 0 Å². The van der Waals surface area contributed by atoms with Gasteiger partial charge in [0.1, 0.15) is 0 Å². The molecule has 21 heavy (non-hydrogen) atoms. The van der Waals surface area contributed by atoms with Gasteiger partial charge in [-0.2, -0.15) is 0 Å². The molecule has 0 saturated heterocycles. The number of benzene rings is 2. The highest BCUT2D eigenvalue weighted by atomic mass is 79.9. The third-order valence-electron chi connectivity index (χ3n) is 2.94. The first-order valence-electron chi connectivity index (χ1n) is 6.97. The van der Waals surface area contributed by atoms with Gasteiger partial charge in [-0.1, -0.05) is 59.2 Å². The van der Waals surface area contributed by atoms with Gasteiger partial charge in [0, 0.05) is 25.8 Å². The Hall–Kier alpha value is -0.480. The standard InChI is InChI=1S/C17H19BrClNS/c1-12(2)10-20-11-13-3-6-16(9-17(13)18)21-15-7-4-14(19)5-8-15/h3-9,12,20H,10-11H2,1-2H3. The summed E-state index contributed by atoms with van der Waals surface area (Å²) in [6, 6.07) is 14.4. The second kappa shape index (κ2) is 8.23. The molecule has 112 valence electrons. The molecule has 0 atom stereocenters. The van der Waals surface area contributed by atoms with Crippen LogP contribution in [-0.4, -0.2) is 6.54 Å². The van der Waals surface area contributed by atoms with Crippen LogP contribution < -0.4 is 5.32 Å². The fraction of sp³-hybridized carbons (Fsp3) is 0.294. The molecule has 0 saturated carbocycles. The maximum atomic E-state index is 5.91. The molecule has 0 bridgehead atoms. The predicted octanol–water partition coefficient (Wildman–Crippen LogP) is 6.00. The van der Waals surface area contributed by atoms with Gasteiger partial charge in [0.05, 0.1) is 0 Å². The lowest BCUT2D eigenvalue weighted by Gasteiger charge is -2.10. The fourth-order valence-corrected chi connectivity index (χ4v) is 3.52. The van der Waals surface area contributed by atoms with Gasteiger partial charge in [-0.25, -0.2) is 0 Å². The Bertz CT molecular complexity index is 584. The third kappa shape index (κ3) is 5.67. The van der Waals surface area contributed by atoms with Crippen LogP contribution in [0.3, 0.4) is 0 Å². The minimum Gasteiger partial charge on any atom is -0.312 e. The van der Waals surface area contributed by atoms with Crippen LogP contribution in [0.25, 0.3) is 0 Å². The third-order valence-corrected chi connectivity index (χ3v) is 4.93. The van der Waals surface area contributed by atoms with Crippen LogP contribution in [0.2, 0.25) is 5.02 Å². The molecule has 0 aliphatic rings. The van der Waals surface area contributed by atoms with Crippen molar-refractivity contribution in [3.05, 3.63) is 57.5 Å². The SMILES string of the molecule is CC(C)CNCc1ccc(Sc2ccc(Cl)cc2)cc1Br. The molecule has 0 aromatic heterocycles. The summed E-state index contributed by atoms with van der Waals surface area (Å²) in [5.41, 5.74) is 1.29. The van der Waals surface area contributed by atoms with Crippen LogP contribution in [0, 0.1) is 5.92 Å². The molecule has 2 rings (SSSR count). The summed E-state index contributed by atoms with van der Waals surface area (Å²) in [6.45, 7) is 6.36. The van der Waals surface area contributed by atoms with Gasteiger partial charge in [0.25, 0.3) is 0 Å². The van der Waals surface area contributed by atoms with Gasteiger partial charge in [-0.15, -0.1) is 0 Å². The highest BCUT2D eigenvalue weighted by Gasteiger charge is 2.04. The number of nitrogens with one attached hydrogen (secondary N) is 1. The van der Waals surface area contributed by atoms with Crippen LogP contribution in [0.1, 0.15) is 19.4 Å². The van der Waals surface area contributed by atoms with Crippen LogP contribution in [0.5, 0.6) is 0 Å². The average Bonchev–Trinajstić information content (AvgIpc) is 2.43. The van der Waals surface area contributed by atoms with E-state index in [4.69, 9.17) is 11.6 Å². The number of hydrogen-bond acceptors (Lipinski definition) is 2. The number of rotatable bonds is 6. The topological polar surface area (TPSA) is 12.0 Å². The zero-order chi connectivity index (χ0) is 15.2. The Morgan fingerprint density at radius 3 is 2.38 bits per heavy atom. The van der Waals surface area contributed by atoms with Gasteiger partial charge in [-0.05, 0) is 54.4 Å². The summed E-state index contributed by atoms with van der Waals surface area (Å²) < 4.78 is 1.15. The van der Waals surface area contributed by atoms with E-state index in [1.165, 1.54) is 15.4 Å². The molecular weight excluding hydrogens is 366 g/mol. The summed E-state index contributed by atoms with van der Waals surface area (Å²) in [7, 11) is 0. The van der Waals surface area contributed by atoms with E-state index in [0.29, 0.717) is 5.92 Å². The largest absolute Gasteiger partial charge is 0.312 e. The van der Waals surface area contributed by atoms with Crippen molar-refractivity contribution in [2.24, 2.45) is 5.92 Å². The van der Waals surface area contributed by atoms with Crippen LogP contribution in [-0.2, 0) is 6.54 Å². The molecule has 0 aliphatic carbocycles. The molecule has 0 heterocycles. The van der Waals surface area contributed by atoms with E-state index < -0.39 is 0 Å². The second-order valence-corrected chi connectivity index (χ2v) is 7.77. The highest BCUT2D eigenvalue weighted by Crippen LogP contribution is 2.31. The zero-order valence-corrected chi connectivity index (χ0v) is 15.4. The number of hydrogen-bond donors (Lipinski definition) is 1. The van der Waals surface area contributed by atoms with Crippen LogP contribution in [0.15, 0.2) is 56.7 Å². The van der Waals surface area contributed by atoms with Crippen molar-refractivity contribution < 1.29 is 0 Å². The minimum absolute atomic E-state index is 0.670. The van der Waals surface area contributed by atoms with Gasteiger partial charge in [0.2, 0.25) is 0 Å². The van der Waals surface area contributed by atoms with E-state index in [1.54, 1.807) is 11.8 Å². The Morgan fingerprint density at radius 1 is 1.10 bits per heavy atom. The molecule has 2 aromatic rings. The van der Waals surface area contributed by atoms with Crippen molar-refractivity contribution in [2.45, 2.75) is 30.2 Å². The summed E-state index contributed by atoms with van der Waals surface area (Å²) in [4.78, 5) is 2.41. The predicted molar refractivity (Wildman–Crippen MR) is 96.3 cm³/mol. The molecule has 0 spiro atoms. The van der Waals surface area contributed by atoms with E-state index in [-0.39, 0.29) is 0 Å². The van der Waals surface area contributed by atoms with Crippen molar-refractivity contribution in [1.29, 1.82) is 0 Å². The lowest BCUT2D eigenvalue weighted by atomic mass is 10.2. The van der Waals surface area contributed by atoms with Crippen molar-refractivity contribution in [1.82, 2.24) is 5.32 Å². The highest BCUT2D eigenvalue weighted by molar-refractivity contribution is 9.10. The second-order valence-electron chi connectivity index (χ2n) is 5.33. The normalized spacial score (nSPS) is 11.1. The van der Waals surface area contributed by atoms with E-state index in [9.17, 15) is 0 Å². The van der Waals surface area contributed by atoms with Gasteiger partial charge < -0.3 is 5.32 Å². The molecule has 2 aromatic carbocycles. The van der Waals surface area contributed by atoms with Crippen molar-refractivity contribution in [2.75, 3.05) is 6.54 Å². The first-order chi connectivity index (χ1) is 10.0. The molecular formula is C17H19BrClNS. The molecule has 0 radical (unpaired) electrons. The lowest BCUT2D eigenvalue weighted by molar-refractivity contribution is 0.551. The Balaban J connectivity index is 1.99. The summed E-state index contributed by atoms with van der Waals surface area (Å²) >= 11 is 11.3. The lowest BCUT2D eigenvalue weighted by Crippen LogP contribution is -2.19. The van der Waals surface area contributed by atoms with Crippen molar-refractivity contribution in [3.8, 4) is 0 Å². The fourth-order valence-electron chi connectivity index (χ4n) is 1.87. The van der Waals surface area contributed by atoms with Crippen molar-refractivity contribution >= 4 is 39.3 Å². The maximum Gasteiger partial charge on any atom is 0.0406 e. The maximum absolute atomic E-state index is 5.91. The van der Waals surface area contributed by atoms with Gasteiger partial charge in [-0.3, -0.25) is 0 Å². The van der Waals surface area contributed by atoms with Crippen molar-refractivity contribution in [3.63, 3.8) is 0 Å². The molecule has 0 fully saturated rings. The summed E-state index contributed by atoms with van der Waals surface area (Å²) in [5.74, 6) is 0.670. The van der Waals surface area contributed by atoms with E-state index >= 15 is 0 Å². The quantitative estimate of drug-likeness (QED) is 0.655. The Kier molecular flexibility index (Phi) is 6.62. The van der Waals surface area contributed by atoms with E-state index in [2.05, 4.69) is 53.3 Å². The van der Waals surface area contributed by atoms with E-state index in [0.717, 1.165) is 22.6 Å². The van der Waals surface area contributed by atoms with Gasteiger partial charge in [0.15, 0.2) is 0 Å². The molecule has 1 nitrogen and oxygen atoms in total. The molecule has 0 aliphatic heterocycles. The smallest absolute Gasteiger partial charge is 0.0406 e. The Morgan fingerprint density at radius 2 is 1.76 bits per heavy atom. The minimum atomic E-state index is 0.670. The molecule has 1 N–H and O–H groups in total. The van der Waals surface area contributed by atoms with Crippen LogP contribution >= 0.6 is 39.3 Å². The van der Waals surface area contributed by atoms with E-state index in [1.807, 2.05) is 24.3 Å². The summed E-state index contributed by atoms with van der Waals surface area (Å²) in [5, 5.41) is 4.24. The first-order valence-corrected chi connectivity index (χ1v) is 8.96. The zero-order valence-electron chi connectivity index (χ0n) is 12.2.